The largest absolute Gasteiger partial charge is 0.477 e. The fourth-order valence-electron chi connectivity index (χ4n) is 1.63. The number of carbonyl (C=O) groups is 1. The van der Waals surface area contributed by atoms with Crippen LogP contribution in [0.3, 0.4) is 0 Å². The summed E-state index contributed by atoms with van der Waals surface area (Å²) in [7, 11) is 0. The highest BCUT2D eigenvalue weighted by atomic mass is 32.1. The topological polar surface area (TPSA) is 76.2 Å². The molecule has 2 aromatic heterocycles. The number of carboxylic acids is 1. The zero-order valence-electron chi connectivity index (χ0n) is 9.61. The molecule has 0 aliphatic heterocycles. The molecule has 1 N–H and O–H groups in total. The first kappa shape index (κ1) is 11.6. The number of fused-ring (bicyclic) bond motifs is 1. The SMILES string of the molecule is O=C(O)c1cnc(/C=C/c2ccc3oncc3c2)s1. The first-order valence-electron chi connectivity index (χ1n) is 5.44. The Bertz CT molecular complexity index is 773. The van der Waals surface area contributed by atoms with E-state index < -0.39 is 5.97 Å². The van der Waals surface area contributed by atoms with E-state index in [-0.39, 0.29) is 4.88 Å². The lowest BCUT2D eigenvalue weighted by molar-refractivity contribution is 0.0702. The number of thiazole rings is 1. The number of nitrogens with zero attached hydrogens (tertiary/aromatic N) is 2. The van der Waals surface area contributed by atoms with Gasteiger partial charge in [-0.25, -0.2) is 9.78 Å². The standard InChI is InChI=1S/C13H8N2O3S/c16-13(17)11-7-14-12(19-11)4-2-8-1-3-10-9(5-8)6-15-18-10/h1-7H,(H,16,17)/b4-2+. The fourth-order valence-corrected chi connectivity index (χ4v) is 2.29. The van der Waals surface area contributed by atoms with Gasteiger partial charge in [-0.15, -0.1) is 11.3 Å². The molecule has 0 unspecified atom stereocenters. The maximum absolute atomic E-state index is 10.7. The number of hydrogen-bond acceptors (Lipinski definition) is 5. The summed E-state index contributed by atoms with van der Waals surface area (Å²) in [5.41, 5.74) is 1.71. The van der Waals surface area contributed by atoms with Gasteiger partial charge in [0.15, 0.2) is 5.58 Å². The molecule has 0 bridgehead atoms. The highest BCUT2D eigenvalue weighted by Gasteiger charge is 2.06. The maximum atomic E-state index is 10.7. The Kier molecular flexibility index (Phi) is 2.85. The van der Waals surface area contributed by atoms with Crippen LogP contribution in [0.1, 0.15) is 20.2 Å². The first-order chi connectivity index (χ1) is 9.22. The van der Waals surface area contributed by atoms with Crippen molar-refractivity contribution in [2.75, 3.05) is 0 Å². The molecule has 2 heterocycles. The average molecular weight is 272 g/mol. The molecule has 0 aliphatic carbocycles. The normalized spacial score (nSPS) is 11.4. The summed E-state index contributed by atoms with van der Waals surface area (Å²) >= 11 is 1.14. The molecule has 0 radical (unpaired) electrons. The van der Waals surface area contributed by atoms with Crippen LogP contribution in [0.5, 0.6) is 0 Å². The molecule has 6 heteroatoms. The highest BCUT2D eigenvalue weighted by Crippen LogP contribution is 2.19. The van der Waals surface area contributed by atoms with Crippen LogP contribution in [-0.2, 0) is 0 Å². The van der Waals surface area contributed by atoms with Gasteiger partial charge in [0.2, 0.25) is 0 Å². The molecule has 0 amide bonds. The Morgan fingerprint density at radius 1 is 1.32 bits per heavy atom. The summed E-state index contributed by atoms with van der Waals surface area (Å²) in [4.78, 5) is 15.0. The second-order valence-electron chi connectivity index (χ2n) is 3.82. The van der Waals surface area contributed by atoms with E-state index >= 15 is 0 Å². The number of carboxylic acid groups (broad SMARTS) is 1. The average Bonchev–Trinajstić information content (AvgIpc) is 3.04. The van der Waals surface area contributed by atoms with Gasteiger partial charge >= 0.3 is 5.97 Å². The van der Waals surface area contributed by atoms with E-state index in [0.717, 1.165) is 27.9 Å². The van der Waals surface area contributed by atoms with E-state index in [1.165, 1.54) is 6.20 Å². The van der Waals surface area contributed by atoms with Crippen LogP contribution >= 0.6 is 11.3 Å². The Labute approximate surface area is 111 Å². The minimum Gasteiger partial charge on any atom is -0.477 e. The molecule has 1 aromatic carbocycles. The lowest BCUT2D eigenvalue weighted by Crippen LogP contribution is -1.89. The third-order valence-corrected chi connectivity index (χ3v) is 3.48. The second kappa shape index (κ2) is 4.66. The maximum Gasteiger partial charge on any atom is 0.347 e. The first-order valence-corrected chi connectivity index (χ1v) is 6.26. The summed E-state index contributed by atoms with van der Waals surface area (Å²) in [6.45, 7) is 0. The zero-order chi connectivity index (χ0) is 13.2. The van der Waals surface area contributed by atoms with Gasteiger partial charge in [-0.3, -0.25) is 0 Å². The molecule has 3 aromatic rings. The molecule has 19 heavy (non-hydrogen) atoms. The Morgan fingerprint density at radius 3 is 3.00 bits per heavy atom. The van der Waals surface area contributed by atoms with Crippen LogP contribution in [0.25, 0.3) is 23.1 Å². The molecule has 0 saturated heterocycles. The predicted octanol–water partition coefficient (Wildman–Crippen LogP) is 3.15. The van der Waals surface area contributed by atoms with Gasteiger partial charge in [0.25, 0.3) is 0 Å². The van der Waals surface area contributed by atoms with Crippen molar-refractivity contribution in [1.82, 2.24) is 10.1 Å². The zero-order valence-corrected chi connectivity index (χ0v) is 10.4. The van der Waals surface area contributed by atoms with E-state index in [1.807, 2.05) is 24.3 Å². The van der Waals surface area contributed by atoms with Crippen LogP contribution in [-0.4, -0.2) is 21.2 Å². The van der Waals surface area contributed by atoms with Crippen molar-refractivity contribution in [2.45, 2.75) is 0 Å². The summed E-state index contributed by atoms with van der Waals surface area (Å²) in [6, 6.07) is 5.68. The van der Waals surface area contributed by atoms with Crippen LogP contribution in [0.15, 0.2) is 35.1 Å². The summed E-state index contributed by atoms with van der Waals surface area (Å²) in [6.07, 6.45) is 6.66. The lowest BCUT2D eigenvalue weighted by atomic mass is 10.1. The highest BCUT2D eigenvalue weighted by molar-refractivity contribution is 7.14. The minimum absolute atomic E-state index is 0.231. The van der Waals surface area contributed by atoms with Crippen molar-refractivity contribution < 1.29 is 14.4 Å². The molecular formula is C13H8N2O3S. The molecule has 0 atom stereocenters. The smallest absolute Gasteiger partial charge is 0.347 e. The molecule has 0 saturated carbocycles. The van der Waals surface area contributed by atoms with E-state index in [2.05, 4.69) is 10.1 Å². The van der Waals surface area contributed by atoms with Crippen molar-refractivity contribution in [3.63, 3.8) is 0 Å². The van der Waals surface area contributed by atoms with E-state index in [4.69, 9.17) is 9.63 Å². The van der Waals surface area contributed by atoms with E-state index in [9.17, 15) is 4.79 Å². The van der Waals surface area contributed by atoms with E-state index in [0.29, 0.717) is 5.01 Å². The minimum atomic E-state index is -0.956. The van der Waals surface area contributed by atoms with Gasteiger partial charge in [-0.2, -0.15) is 0 Å². The van der Waals surface area contributed by atoms with Crippen molar-refractivity contribution in [3.8, 4) is 0 Å². The van der Waals surface area contributed by atoms with Gasteiger partial charge in [-0.1, -0.05) is 17.3 Å². The summed E-state index contributed by atoms with van der Waals surface area (Å²) < 4.78 is 5.02. The van der Waals surface area contributed by atoms with Crippen molar-refractivity contribution >= 4 is 40.4 Å². The summed E-state index contributed by atoms with van der Waals surface area (Å²) in [5, 5.41) is 14.1. The molecule has 3 rings (SSSR count). The lowest BCUT2D eigenvalue weighted by Gasteiger charge is -1.91. The van der Waals surface area contributed by atoms with Gasteiger partial charge in [-0.05, 0) is 23.8 Å². The van der Waals surface area contributed by atoms with E-state index in [1.54, 1.807) is 12.3 Å². The molecule has 0 aliphatic rings. The molecule has 5 nitrogen and oxygen atoms in total. The van der Waals surface area contributed by atoms with Crippen LogP contribution in [0.2, 0.25) is 0 Å². The third-order valence-electron chi connectivity index (χ3n) is 2.53. The molecule has 94 valence electrons. The third kappa shape index (κ3) is 2.38. The van der Waals surface area contributed by atoms with Gasteiger partial charge in [0.1, 0.15) is 9.88 Å². The van der Waals surface area contributed by atoms with Crippen molar-refractivity contribution in [3.05, 3.63) is 46.0 Å². The van der Waals surface area contributed by atoms with Gasteiger partial charge in [0, 0.05) is 5.39 Å². The van der Waals surface area contributed by atoms with Crippen LogP contribution in [0, 0.1) is 0 Å². The monoisotopic (exact) mass is 272 g/mol. The van der Waals surface area contributed by atoms with Gasteiger partial charge < -0.3 is 9.63 Å². The van der Waals surface area contributed by atoms with Crippen LogP contribution < -0.4 is 0 Å². The Hall–Kier alpha value is -2.47. The predicted molar refractivity (Wildman–Crippen MR) is 72.0 cm³/mol. The number of rotatable bonds is 3. The number of aromatic nitrogens is 2. The number of benzene rings is 1. The van der Waals surface area contributed by atoms with Crippen LogP contribution in [0.4, 0.5) is 0 Å². The summed E-state index contributed by atoms with van der Waals surface area (Å²) in [5.74, 6) is -0.956. The quantitative estimate of drug-likeness (QED) is 0.792. The molecule has 0 fully saturated rings. The Morgan fingerprint density at radius 2 is 2.21 bits per heavy atom. The van der Waals surface area contributed by atoms with Crippen molar-refractivity contribution in [2.24, 2.45) is 0 Å². The number of hydrogen-bond donors (Lipinski definition) is 1. The number of aromatic carboxylic acids is 1. The van der Waals surface area contributed by atoms with Gasteiger partial charge in [0.05, 0.1) is 12.4 Å². The fraction of sp³-hybridized carbons (Fsp3) is 0. The molecule has 0 spiro atoms. The van der Waals surface area contributed by atoms with Crippen molar-refractivity contribution in [1.29, 1.82) is 0 Å². The second-order valence-corrected chi connectivity index (χ2v) is 4.89. The Balaban J connectivity index is 1.86. The molecular weight excluding hydrogens is 264 g/mol.